The van der Waals surface area contributed by atoms with Gasteiger partial charge in [0, 0.05) is 49.3 Å². The molecule has 0 amide bonds. The third-order valence-corrected chi connectivity index (χ3v) is 14.8. The van der Waals surface area contributed by atoms with Crippen LogP contribution in [0, 0.1) is 34.0 Å². The van der Waals surface area contributed by atoms with Crippen molar-refractivity contribution in [1.29, 1.82) is 15.8 Å². The number of aromatic nitrogens is 3. The number of nitrogens with zero attached hydrogens (tertiary/aromatic N) is 7. The highest BCUT2D eigenvalue weighted by Gasteiger charge is 2.23. The Morgan fingerprint density at radius 3 is 1.43 bits per heavy atom. The fraction of sp³-hybridized carbons (Fsp3) is 0.0149. The maximum atomic E-state index is 11.1. The molecule has 348 valence electrons. The van der Waals surface area contributed by atoms with Crippen molar-refractivity contribution in [2.45, 2.75) is 6.04 Å². The van der Waals surface area contributed by atoms with Crippen LogP contribution in [0.5, 0.6) is 0 Å². The first-order valence-electron chi connectivity index (χ1n) is 24.8. The molecule has 0 radical (unpaired) electrons. The molecule has 1 aliphatic rings. The molecule has 8 heteroatoms. The van der Waals surface area contributed by atoms with Gasteiger partial charge in [-0.25, -0.2) is 4.99 Å². The van der Waals surface area contributed by atoms with E-state index in [-0.39, 0.29) is 6.04 Å². The van der Waals surface area contributed by atoms with Crippen LogP contribution in [-0.2, 0) is 0 Å². The van der Waals surface area contributed by atoms with Crippen molar-refractivity contribution in [3.63, 3.8) is 0 Å². The molecule has 13 aromatic rings. The number of rotatable bonds is 7. The number of amidine groups is 1. The van der Waals surface area contributed by atoms with Crippen LogP contribution in [0.4, 0.5) is 0 Å². The summed E-state index contributed by atoms with van der Waals surface area (Å²) in [5.41, 5.74) is 16.4. The summed E-state index contributed by atoms with van der Waals surface area (Å²) >= 11 is 0. The first-order chi connectivity index (χ1) is 37.0. The van der Waals surface area contributed by atoms with E-state index in [0.29, 0.717) is 16.7 Å². The van der Waals surface area contributed by atoms with Gasteiger partial charge in [0.2, 0.25) is 0 Å². The number of aliphatic imine (C=N–C) groups is 1. The van der Waals surface area contributed by atoms with Crippen LogP contribution in [0.1, 0.15) is 39.4 Å². The van der Waals surface area contributed by atoms with Gasteiger partial charge in [-0.05, 0) is 125 Å². The fourth-order valence-corrected chi connectivity index (χ4v) is 11.3. The molecule has 14 rings (SSSR count). The van der Waals surface area contributed by atoms with Gasteiger partial charge in [-0.15, -0.1) is 0 Å². The Hall–Kier alpha value is -10.7. The predicted octanol–water partition coefficient (Wildman–Crippen LogP) is 15.4. The van der Waals surface area contributed by atoms with Crippen molar-refractivity contribution in [3.05, 3.63) is 264 Å². The van der Waals surface area contributed by atoms with Gasteiger partial charge in [-0.3, -0.25) is 0 Å². The zero-order valence-electron chi connectivity index (χ0n) is 40.1. The van der Waals surface area contributed by atoms with E-state index in [2.05, 4.69) is 189 Å². The average Bonchev–Trinajstić information content (AvgIpc) is 4.17. The van der Waals surface area contributed by atoms with Crippen LogP contribution in [-0.4, -0.2) is 19.5 Å². The number of benzene rings is 10. The monoisotopic (exact) mass is 956 g/mol. The van der Waals surface area contributed by atoms with Gasteiger partial charge in [-0.1, -0.05) is 127 Å². The summed E-state index contributed by atoms with van der Waals surface area (Å²) in [6.45, 7) is 0. The molecular formula is C67H40N8. The molecule has 0 saturated heterocycles. The summed E-state index contributed by atoms with van der Waals surface area (Å²) in [5.74, 6) is 0.821. The Labute approximate surface area is 431 Å². The zero-order chi connectivity index (χ0) is 50.1. The van der Waals surface area contributed by atoms with Crippen molar-refractivity contribution >= 4 is 77.0 Å². The summed E-state index contributed by atoms with van der Waals surface area (Å²) in [5, 5.41) is 40.7. The van der Waals surface area contributed by atoms with Gasteiger partial charge < -0.3 is 19.0 Å². The molecule has 75 heavy (non-hydrogen) atoms. The van der Waals surface area contributed by atoms with Crippen LogP contribution >= 0.6 is 0 Å². The molecule has 1 atom stereocenters. The highest BCUT2D eigenvalue weighted by atomic mass is 15.1. The molecule has 0 fully saturated rings. The lowest BCUT2D eigenvalue weighted by molar-refractivity contribution is 0.781. The number of para-hydroxylation sites is 2. The number of nitrogens with one attached hydrogen (secondary N) is 1. The molecule has 8 nitrogen and oxygen atoms in total. The predicted molar refractivity (Wildman–Crippen MR) is 302 cm³/mol. The van der Waals surface area contributed by atoms with E-state index in [1.54, 1.807) is 0 Å². The van der Waals surface area contributed by atoms with Gasteiger partial charge in [-0.2, -0.15) is 15.8 Å². The summed E-state index contributed by atoms with van der Waals surface area (Å²) in [7, 11) is 0. The van der Waals surface area contributed by atoms with Crippen LogP contribution in [0.2, 0.25) is 0 Å². The lowest BCUT2D eigenvalue weighted by Gasteiger charge is -2.24. The Bertz CT molecular complexity index is 4510. The van der Waals surface area contributed by atoms with Gasteiger partial charge in [0.25, 0.3) is 0 Å². The fourth-order valence-electron chi connectivity index (χ4n) is 11.3. The number of hydrogen-bond donors (Lipinski definition) is 1. The number of hydrogen-bond acceptors (Lipinski definition) is 5. The van der Waals surface area contributed by atoms with Crippen molar-refractivity contribution < 1.29 is 0 Å². The number of nitriles is 3. The molecule has 1 aliphatic heterocycles. The summed E-state index contributed by atoms with van der Waals surface area (Å²) < 4.78 is 6.77. The second kappa shape index (κ2) is 17.3. The minimum absolute atomic E-state index is 0.0574. The van der Waals surface area contributed by atoms with E-state index in [1.165, 1.54) is 0 Å². The van der Waals surface area contributed by atoms with Crippen molar-refractivity contribution in [2.75, 3.05) is 0 Å². The first kappa shape index (κ1) is 43.1. The standard InChI is InChI=1S/C67H40N8/c68-39-42-19-28-63-54(33-42)52-15-7-9-17-61(52)73(63)50-26-31-65-56(36-50)57-37-51(74-62-18-10-8-16-53(62)55-34-43(40-69)20-29-64(55)74)27-32-66(57)75(65)60-30-25-48(35-49(60)41-70)44-21-23-46(24-22-44)59-38-58(45-11-3-1-4-12-45)71-67(72-59)47-13-5-2-6-14-47/h1-38,58H,(H,71,72). The molecule has 1 unspecified atom stereocenters. The van der Waals surface area contributed by atoms with Crippen molar-refractivity contribution in [2.24, 2.45) is 4.99 Å². The Morgan fingerprint density at radius 1 is 0.373 bits per heavy atom. The van der Waals surface area contributed by atoms with Gasteiger partial charge in [0.15, 0.2) is 0 Å². The Morgan fingerprint density at radius 2 is 0.853 bits per heavy atom. The van der Waals surface area contributed by atoms with Gasteiger partial charge in [0.1, 0.15) is 11.9 Å². The van der Waals surface area contributed by atoms with E-state index < -0.39 is 0 Å². The maximum absolute atomic E-state index is 11.1. The highest BCUT2D eigenvalue weighted by Crippen LogP contribution is 2.41. The normalized spacial score (nSPS) is 13.4. The maximum Gasteiger partial charge on any atom is 0.134 e. The topological polar surface area (TPSA) is 111 Å². The molecule has 0 aliphatic carbocycles. The minimum atomic E-state index is -0.0574. The lowest BCUT2D eigenvalue weighted by atomic mass is 9.98. The van der Waals surface area contributed by atoms with Crippen molar-refractivity contribution in [3.8, 4) is 46.4 Å². The largest absolute Gasteiger partial charge is 0.359 e. The van der Waals surface area contributed by atoms with E-state index in [9.17, 15) is 15.8 Å². The molecule has 1 N–H and O–H groups in total. The molecular weight excluding hydrogens is 917 g/mol. The van der Waals surface area contributed by atoms with Gasteiger partial charge in [0.05, 0.1) is 79.4 Å². The Balaban J connectivity index is 0.918. The molecule has 3 aromatic heterocycles. The third kappa shape index (κ3) is 7.00. The minimum Gasteiger partial charge on any atom is -0.359 e. The SMILES string of the molecule is N#Cc1ccc2c(c1)c1ccccc1n2-c1ccc2c(c1)c1cc(-n3c4ccccc4c4cc(C#N)ccc43)ccc1n2-c1ccc(-c2ccc(C3=CC(c4ccccc4)NC(c4ccccc4)=N3)cc2)cc1C#N. The van der Waals surface area contributed by atoms with Crippen LogP contribution < -0.4 is 5.32 Å². The molecule has 4 heterocycles. The average molecular weight is 957 g/mol. The second-order valence-corrected chi connectivity index (χ2v) is 19.0. The smallest absolute Gasteiger partial charge is 0.134 e. The summed E-state index contributed by atoms with van der Waals surface area (Å²) in [4.78, 5) is 5.12. The van der Waals surface area contributed by atoms with E-state index >= 15 is 0 Å². The van der Waals surface area contributed by atoms with Crippen LogP contribution in [0.15, 0.2) is 236 Å². The summed E-state index contributed by atoms with van der Waals surface area (Å²) in [6.07, 6.45) is 2.18. The molecule has 10 aromatic carbocycles. The Kier molecular flexibility index (Phi) is 9.91. The van der Waals surface area contributed by atoms with Crippen LogP contribution in [0.25, 0.3) is 99.3 Å². The highest BCUT2D eigenvalue weighted by molar-refractivity contribution is 6.14. The molecule has 0 saturated carbocycles. The number of fused-ring (bicyclic) bond motifs is 9. The lowest BCUT2D eigenvalue weighted by Crippen LogP contribution is -2.31. The first-order valence-corrected chi connectivity index (χ1v) is 24.8. The van der Waals surface area contributed by atoms with E-state index in [4.69, 9.17) is 4.99 Å². The molecule has 0 bridgehead atoms. The third-order valence-electron chi connectivity index (χ3n) is 14.8. The second-order valence-electron chi connectivity index (χ2n) is 19.0. The van der Waals surface area contributed by atoms with Gasteiger partial charge >= 0.3 is 0 Å². The zero-order valence-corrected chi connectivity index (χ0v) is 40.1. The quantitative estimate of drug-likeness (QED) is 0.171. The molecule has 0 spiro atoms. The summed E-state index contributed by atoms with van der Waals surface area (Å²) in [6, 6.07) is 84.0. The van der Waals surface area contributed by atoms with E-state index in [1.807, 2.05) is 78.9 Å². The van der Waals surface area contributed by atoms with Crippen molar-refractivity contribution in [1.82, 2.24) is 19.0 Å². The van der Waals surface area contributed by atoms with Crippen LogP contribution in [0.3, 0.4) is 0 Å². The van der Waals surface area contributed by atoms with E-state index in [0.717, 1.165) is 122 Å².